The number of halogens is 3. The Balaban J connectivity index is 1.37. The Morgan fingerprint density at radius 3 is 2.21 bits per heavy atom. The zero-order valence-electron chi connectivity index (χ0n) is 21.2. The number of aryl methyl sites for hydroxylation is 1. The van der Waals surface area contributed by atoms with Crippen molar-refractivity contribution in [3.05, 3.63) is 71.3 Å². The second kappa shape index (κ2) is 9.17. The summed E-state index contributed by atoms with van der Waals surface area (Å²) in [7, 11) is 0. The van der Waals surface area contributed by atoms with Crippen LogP contribution in [0.2, 0.25) is 0 Å². The van der Waals surface area contributed by atoms with Crippen molar-refractivity contribution in [1.29, 1.82) is 0 Å². The molecule has 1 aliphatic heterocycles. The summed E-state index contributed by atoms with van der Waals surface area (Å²) >= 11 is 0. The van der Waals surface area contributed by atoms with E-state index in [0.717, 1.165) is 32.9 Å². The van der Waals surface area contributed by atoms with Crippen LogP contribution in [-0.4, -0.2) is 55.8 Å². The molecule has 7 rings (SSSR count). The Hall–Kier alpha value is -3.76. The van der Waals surface area contributed by atoms with Crippen LogP contribution in [0, 0.1) is 0 Å². The highest BCUT2D eigenvalue weighted by Gasteiger charge is 2.47. The Morgan fingerprint density at radius 1 is 0.872 bits per heavy atom. The predicted molar refractivity (Wildman–Crippen MR) is 143 cm³/mol. The van der Waals surface area contributed by atoms with Crippen LogP contribution in [-0.2, 0) is 17.8 Å². The molecule has 1 unspecified atom stereocenters. The quantitative estimate of drug-likeness (QED) is 0.291. The molecule has 10 heteroatoms. The first-order valence-corrected chi connectivity index (χ1v) is 13.3. The number of nitrogens with zero attached hydrogens (tertiary/aromatic N) is 3. The number of aromatic amines is 2. The fourth-order valence-corrected chi connectivity index (χ4v) is 5.97. The monoisotopic (exact) mass is 535 g/mol. The molecular formula is C29H28F3N5O2. The Labute approximate surface area is 221 Å². The maximum atomic E-state index is 13.9. The second-order valence-electron chi connectivity index (χ2n) is 10.5. The summed E-state index contributed by atoms with van der Waals surface area (Å²) in [5.41, 5.74) is 4.60. The van der Waals surface area contributed by atoms with Crippen molar-refractivity contribution in [1.82, 2.24) is 24.2 Å². The molecule has 5 aromatic rings. The molecule has 2 aliphatic rings. The molecule has 0 spiro atoms. The number of rotatable bonds is 3. The van der Waals surface area contributed by atoms with Gasteiger partial charge in [-0.05, 0) is 31.4 Å². The van der Waals surface area contributed by atoms with Crippen LogP contribution in [0.25, 0.3) is 44.2 Å². The largest absolute Gasteiger partial charge is 0.460 e. The third-order valence-corrected chi connectivity index (χ3v) is 7.99. The fraction of sp³-hybridized carbons (Fsp3) is 0.345. The smallest absolute Gasteiger partial charge is 0.375 e. The van der Waals surface area contributed by atoms with Crippen LogP contribution < -0.4 is 5.56 Å². The highest BCUT2D eigenvalue weighted by atomic mass is 19.4. The maximum Gasteiger partial charge on any atom is 0.460 e. The van der Waals surface area contributed by atoms with Crippen LogP contribution >= 0.6 is 0 Å². The summed E-state index contributed by atoms with van der Waals surface area (Å²) in [6.07, 6.45) is 0.494. The average Bonchev–Trinajstić information content (AvgIpc) is 3.45. The number of para-hydroxylation sites is 2. The first-order chi connectivity index (χ1) is 18.9. The van der Waals surface area contributed by atoms with Crippen LogP contribution in [0.1, 0.15) is 19.3 Å². The minimum absolute atomic E-state index is 0.187. The summed E-state index contributed by atoms with van der Waals surface area (Å²) in [4.78, 5) is 13.8. The van der Waals surface area contributed by atoms with Gasteiger partial charge in [-0.2, -0.15) is 13.2 Å². The van der Waals surface area contributed by atoms with E-state index in [0.29, 0.717) is 48.5 Å². The molecule has 1 saturated carbocycles. The molecule has 0 saturated heterocycles. The van der Waals surface area contributed by atoms with Gasteiger partial charge in [0.05, 0.1) is 24.0 Å². The standard InChI is InChI=1S/C29H28F3N5O2/c30-29(31,32)37(18-9-10-18)15-19-11-12-35-17-23(21-6-2-4-8-25(21)35)27-26(28(38)34-33-27)22-16-36(13-14-39-19)24-7-3-1-5-20(22)24/h1-8,16-19H,9-15H2,(H2,33,34,38). The molecule has 1 atom stereocenters. The third kappa shape index (κ3) is 4.28. The summed E-state index contributed by atoms with van der Waals surface area (Å²) in [5, 5.41) is 7.78. The summed E-state index contributed by atoms with van der Waals surface area (Å²) < 4.78 is 51.9. The summed E-state index contributed by atoms with van der Waals surface area (Å²) in [6, 6.07) is 15.3. The zero-order valence-corrected chi connectivity index (χ0v) is 21.2. The van der Waals surface area contributed by atoms with E-state index in [-0.39, 0.29) is 18.7 Å². The van der Waals surface area contributed by atoms with E-state index in [9.17, 15) is 18.0 Å². The molecule has 4 bridgehead atoms. The highest BCUT2D eigenvalue weighted by Crippen LogP contribution is 2.39. The minimum atomic E-state index is -4.39. The van der Waals surface area contributed by atoms with Crippen molar-refractivity contribution >= 4 is 21.8 Å². The van der Waals surface area contributed by atoms with E-state index in [1.54, 1.807) is 0 Å². The number of hydrogen-bond donors (Lipinski definition) is 2. The second-order valence-corrected chi connectivity index (χ2v) is 10.5. The van der Waals surface area contributed by atoms with Gasteiger partial charge in [-0.3, -0.25) is 15.0 Å². The van der Waals surface area contributed by atoms with Crippen LogP contribution in [0.3, 0.4) is 0 Å². The van der Waals surface area contributed by atoms with Crippen molar-refractivity contribution in [3.8, 4) is 22.4 Å². The number of H-pyrrole nitrogens is 2. The summed E-state index contributed by atoms with van der Waals surface area (Å²) in [6.45, 7) is 1.01. The van der Waals surface area contributed by atoms with Crippen molar-refractivity contribution < 1.29 is 17.9 Å². The topological polar surface area (TPSA) is 71.0 Å². The average molecular weight is 536 g/mol. The third-order valence-electron chi connectivity index (χ3n) is 7.99. The molecule has 1 aliphatic carbocycles. The molecule has 4 heterocycles. The molecule has 39 heavy (non-hydrogen) atoms. The number of alkyl halides is 3. The van der Waals surface area contributed by atoms with Gasteiger partial charge in [-0.25, -0.2) is 4.90 Å². The first kappa shape index (κ1) is 24.3. The van der Waals surface area contributed by atoms with Gasteiger partial charge in [0.2, 0.25) is 0 Å². The maximum absolute atomic E-state index is 13.9. The molecule has 3 aromatic heterocycles. The van der Waals surface area contributed by atoms with Crippen molar-refractivity contribution in [2.24, 2.45) is 0 Å². The van der Waals surface area contributed by atoms with Crippen molar-refractivity contribution in [2.75, 3.05) is 13.2 Å². The molecule has 202 valence electrons. The van der Waals surface area contributed by atoms with Crippen molar-refractivity contribution in [3.63, 3.8) is 0 Å². The molecule has 2 N–H and O–H groups in total. The Bertz CT molecular complexity index is 1720. The van der Waals surface area contributed by atoms with E-state index >= 15 is 0 Å². The molecular weight excluding hydrogens is 507 g/mol. The van der Waals surface area contributed by atoms with Gasteiger partial charge in [0.25, 0.3) is 5.56 Å². The first-order valence-electron chi connectivity index (χ1n) is 13.3. The van der Waals surface area contributed by atoms with E-state index < -0.39 is 18.4 Å². The number of benzene rings is 2. The lowest BCUT2D eigenvalue weighted by Gasteiger charge is -2.29. The van der Waals surface area contributed by atoms with Crippen LogP contribution in [0.15, 0.2) is 65.7 Å². The van der Waals surface area contributed by atoms with Crippen LogP contribution in [0.4, 0.5) is 13.2 Å². The van der Waals surface area contributed by atoms with Gasteiger partial charge in [-0.15, -0.1) is 0 Å². The van der Waals surface area contributed by atoms with Gasteiger partial charge in [-0.1, -0.05) is 36.4 Å². The Kier molecular flexibility index (Phi) is 5.71. The number of ether oxygens (including phenoxy) is 1. The number of hydrogen-bond acceptors (Lipinski definition) is 3. The lowest BCUT2D eigenvalue weighted by atomic mass is 10.0. The SMILES string of the molecule is O=c1[nH][nH]c2c1-c1cn(c3ccccc13)CCOC(CN(C1CC1)C(F)(F)F)CCn1cc-2c2ccccc21. The summed E-state index contributed by atoms with van der Waals surface area (Å²) in [5.74, 6) is 0. The van der Waals surface area contributed by atoms with Gasteiger partial charge in [0, 0.05) is 71.0 Å². The van der Waals surface area contributed by atoms with E-state index in [1.165, 1.54) is 0 Å². The van der Waals surface area contributed by atoms with Gasteiger partial charge in [0.15, 0.2) is 0 Å². The molecule has 7 nitrogen and oxygen atoms in total. The molecule has 2 aromatic carbocycles. The van der Waals surface area contributed by atoms with Gasteiger partial charge >= 0.3 is 6.30 Å². The van der Waals surface area contributed by atoms with Gasteiger partial charge in [0.1, 0.15) is 0 Å². The molecule has 1 fully saturated rings. The normalized spacial score (nSPS) is 18.5. The van der Waals surface area contributed by atoms with E-state index in [1.807, 2.05) is 65.5 Å². The predicted octanol–water partition coefficient (Wildman–Crippen LogP) is 5.72. The number of fused-ring (bicyclic) bond motifs is 13. The van der Waals surface area contributed by atoms with Gasteiger partial charge < -0.3 is 13.9 Å². The molecule has 0 radical (unpaired) electrons. The van der Waals surface area contributed by atoms with Crippen molar-refractivity contribution in [2.45, 2.75) is 50.8 Å². The van der Waals surface area contributed by atoms with E-state index in [2.05, 4.69) is 14.8 Å². The highest BCUT2D eigenvalue weighted by molar-refractivity contribution is 6.03. The zero-order chi connectivity index (χ0) is 26.7. The lowest BCUT2D eigenvalue weighted by Crippen LogP contribution is -2.45. The van der Waals surface area contributed by atoms with E-state index in [4.69, 9.17) is 4.74 Å². The number of nitrogens with one attached hydrogen (secondary N) is 2. The van der Waals surface area contributed by atoms with Crippen LogP contribution in [0.5, 0.6) is 0 Å². The minimum Gasteiger partial charge on any atom is -0.375 e. The Morgan fingerprint density at radius 2 is 1.51 bits per heavy atom. The lowest BCUT2D eigenvalue weighted by molar-refractivity contribution is -0.256. The number of aromatic nitrogens is 4. The molecule has 0 amide bonds. The fourth-order valence-electron chi connectivity index (χ4n) is 5.97.